The van der Waals surface area contributed by atoms with Gasteiger partial charge in [0.05, 0.1) is 0 Å². The SMILES string of the molecule is [AlH2].[Co].[H-].[H-].[Mg+2].[Mn].[SiH3]. The third-order valence-electron chi connectivity index (χ3n) is 0. The average molecular weight is 200 g/mol. The van der Waals surface area contributed by atoms with Gasteiger partial charge in [-0.25, -0.2) is 0 Å². The first-order chi connectivity index (χ1) is 0. The maximum atomic E-state index is 0. The second kappa shape index (κ2) is 31.1. The first kappa shape index (κ1) is 50.0. The van der Waals surface area contributed by atoms with Gasteiger partial charge in [-0.3, -0.25) is 0 Å². The van der Waals surface area contributed by atoms with Crippen LogP contribution in [-0.2, 0) is 33.8 Å². The van der Waals surface area contributed by atoms with Crippen LogP contribution in [0.3, 0.4) is 0 Å². The van der Waals surface area contributed by atoms with E-state index in [-0.39, 0.29) is 88.1 Å². The molecule has 0 saturated heterocycles. The molecule has 0 fully saturated rings. The Bertz CT molecular complexity index is 17.7. The minimum absolute atomic E-state index is 0. The van der Waals surface area contributed by atoms with Crippen molar-refractivity contribution in [1.82, 2.24) is 0 Å². The van der Waals surface area contributed by atoms with E-state index in [1.807, 2.05) is 0 Å². The Hall–Kier alpha value is 2.54. The fourth-order valence-electron chi connectivity index (χ4n) is 0. The third-order valence-corrected chi connectivity index (χ3v) is 0. The molecule has 0 nitrogen and oxygen atoms in total. The zero-order valence-electron chi connectivity index (χ0n) is 5.42. The van der Waals surface area contributed by atoms with Gasteiger partial charge >= 0.3 is 23.1 Å². The van der Waals surface area contributed by atoms with E-state index >= 15 is 0 Å². The molecule has 0 N–H and O–H groups in total. The first-order valence-electron chi connectivity index (χ1n) is 0. The van der Waals surface area contributed by atoms with Gasteiger partial charge in [0.25, 0.3) is 0 Å². The molecule has 0 aromatic heterocycles. The fourth-order valence-corrected chi connectivity index (χ4v) is 0. The van der Waals surface area contributed by atoms with Crippen LogP contribution < -0.4 is 0 Å². The molecule has 0 aromatic carbocycles. The van der Waals surface area contributed by atoms with Crippen LogP contribution in [0.15, 0.2) is 0 Å². The van der Waals surface area contributed by atoms with Gasteiger partial charge in [-0.05, 0) is 11.0 Å². The summed E-state index contributed by atoms with van der Waals surface area (Å²) in [5.74, 6) is 0. The third kappa shape index (κ3) is 20.9. The van der Waals surface area contributed by atoms with Gasteiger partial charge in [0.2, 0.25) is 0 Å². The quantitative estimate of drug-likeness (QED) is 0.387. The van der Waals surface area contributed by atoms with E-state index in [2.05, 4.69) is 0 Å². The molecule has 32 valence electrons. The maximum absolute atomic E-state index is 0. The number of hydrogen-bond donors (Lipinski definition) is 0. The molecule has 0 heterocycles. The Morgan fingerprint density at radius 1 is 1.20 bits per heavy atom. The Morgan fingerprint density at radius 3 is 1.20 bits per heavy atom. The van der Waals surface area contributed by atoms with E-state index in [1.54, 1.807) is 0 Å². The smallest absolute Gasteiger partial charge is 1.00 e. The molecule has 0 saturated carbocycles. The second-order valence-electron chi connectivity index (χ2n) is 0. The van der Waals surface area contributed by atoms with Crippen LogP contribution in [0.4, 0.5) is 0 Å². The summed E-state index contributed by atoms with van der Waals surface area (Å²) in [7, 11) is 0. The minimum atomic E-state index is 0. The Morgan fingerprint density at radius 2 is 1.20 bits per heavy atom. The second-order valence-corrected chi connectivity index (χ2v) is 0. The number of rotatable bonds is 0. The molecule has 0 aliphatic rings. The van der Waals surface area contributed by atoms with E-state index in [0.717, 1.165) is 0 Å². The summed E-state index contributed by atoms with van der Waals surface area (Å²) < 4.78 is 0. The van der Waals surface area contributed by atoms with Gasteiger partial charge in [-0.2, -0.15) is 0 Å². The van der Waals surface area contributed by atoms with Gasteiger partial charge in [-0.1, -0.05) is 0 Å². The molecule has 5 heavy (non-hydrogen) atoms. The van der Waals surface area contributed by atoms with Crippen molar-refractivity contribution in [1.29, 1.82) is 0 Å². The van der Waals surface area contributed by atoms with Crippen molar-refractivity contribution < 1.29 is 36.7 Å². The van der Waals surface area contributed by atoms with Crippen molar-refractivity contribution in [2.75, 3.05) is 0 Å². The molecular formula is H7AlCoMgMnSi. The fraction of sp³-hybridized carbons (Fsp3) is 0. The van der Waals surface area contributed by atoms with Crippen LogP contribution in [0, 0.1) is 0 Å². The monoisotopic (exact) mass is 200 g/mol. The van der Waals surface area contributed by atoms with Crippen LogP contribution in [0.5, 0.6) is 0 Å². The molecule has 0 amide bonds. The van der Waals surface area contributed by atoms with Crippen molar-refractivity contribution in [2.45, 2.75) is 0 Å². The Kier molecular flexibility index (Phi) is 311. The standard InChI is InChI=1S/Al.Co.Mg.Mn.H3Si.4H/h;;;;1H3;;;;/q;;+2;;;;;2*-1. The molecule has 0 aliphatic carbocycles. The van der Waals surface area contributed by atoms with Gasteiger partial charge in [0.15, 0.2) is 0 Å². The summed E-state index contributed by atoms with van der Waals surface area (Å²) >= 11 is 0. The van der Waals surface area contributed by atoms with Crippen molar-refractivity contribution >= 4 is 51.4 Å². The first-order valence-corrected chi connectivity index (χ1v) is 0. The minimum Gasteiger partial charge on any atom is -1.00 e. The van der Waals surface area contributed by atoms with Crippen molar-refractivity contribution in [3.8, 4) is 0 Å². The van der Waals surface area contributed by atoms with Crippen molar-refractivity contribution in [3.63, 3.8) is 0 Å². The van der Waals surface area contributed by atoms with Crippen molar-refractivity contribution in [2.24, 2.45) is 0 Å². The maximum Gasteiger partial charge on any atom is 2.00 e. The zero-order valence-corrected chi connectivity index (χ0v) is 11.1. The van der Waals surface area contributed by atoms with Crippen LogP contribution in [-0.4, -0.2) is 51.4 Å². The zero-order chi connectivity index (χ0) is 0. The van der Waals surface area contributed by atoms with Crippen LogP contribution in [0.2, 0.25) is 0 Å². The summed E-state index contributed by atoms with van der Waals surface area (Å²) in [6.45, 7) is 0. The number of hydrogen-bond acceptors (Lipinski definition) is 0. The van der Waals surface area contributed by atoms with Gasteiger partial charge in [0.1, 0.15) is 17.4 Å². The summed E-state index contributed by atoms with van der Waals surface area (Å²) in [5, 5.41) is 0. The molecule has 0 atom stereocenters. The predicted octanol–water partition coefficient (Wildman–Crippen LogP) is -2.26. The normalized spacial score (nSPS) is 0. The van der Waals surface area contributed by atoms with Gasteiger partial charge < -0.3 is 2.85 Å². The molecule has 5 heteroatoms. The molecule has 0 rings (SSSR count). The average Bonchev–Trinajstić information content (AvgIpc) is 0. The van der Waals surface area contributed by atoms with Crippen LogP contribution >= 0.6 is 0 Å². The molecule has 0 bridgehead atoms. The van der Waals surface area contributed by atoms with Gasteiger partial charge in [0, 0.05) is 33.8 Å². The summed E-state index contributed by atoms with van der Waals surface area (Å²) in [4.78, 5) is 0. The topological polar surface area (TPSA) is 0 Å². The summed E-state index contributed by atoms with van der Waals surface area (Å²) in [6.07, 6.45) is 0. The van der Waals surface area contributed by atoms with Gasteiger partial charge in [-0.15, -0.1) is 0 Å². The largest absolute Gasteiger partial charge is 2.00 e. The van der Waals surface area contributed by atoms with Crippen molar-refractivity contribution in [3.05, 3.63) is 0 Å². The van der Waals surface area contributed by atoms with E-state index in [1.165, 1.54) is 0 Å². The molecule has 4 radical (unpaired) electrons. The summed E-state index contributed by atoms with van der Waals surface area (Å²) in [5.41, 5.74) is 0. The molecule has 0 spiro atoms. The van der Waals surface area contributed by atoms with Crippen LogP contribution in [0.25, 0.3) is 0 Å². The Labute approximate surface area is 87.2 Å². The molecule has 0 aromatic rings. The van der Waals surface area contributed by atoms with Crippen LogP contribution in [0.1, 0.15) is 2.85 Å². The molecule has 0 unspecified atom stereocenters. The predicted molar refractivity (Wildman–Crippen MR) is 26.5 cm³/mol. The van der Waals surface area contributed by atoms with E-state index in [0.29, 0.717) is 0 Å². The van der Waals surface area contributed by atoms with E-state index < -0.39 is 0 Å². The Balaban J connectivity index is 0. The molecule has 0 aliphatic heterocycles. The van der Waals surface area contributed by atoms with E-state index in [4.69, 9.17) is 0 Å². The summed E-state index contributed by atoms with van der Waals surface area (Å²) in [6, 6.07) is 0. The molecular weight excluding hydrogens is 193 g/mol. The van der Waals surface area contributed by atoms with E-state index in [9.17, 15) is 0 Å².